The van der Waals surface area contributed by atoms with Crippen LogP contribution in [0.3, 0.4) is 0 Å². The second-order valence-electron chi connectivity index (χ2n) is 5.58. The molecule has 1 aliphatic rings. The number of esters is 1. The molecule has 1 N–H and O–H groups in total. The van der Waals surface area contributed by atoms with Gasteiger partial charge in [-0.25, -0.2) is 9.78 Å². The normalized spacial score (nSPS) is 13.6. The Hall–Kier alpha value is -3.35. The van der Waals surface area contributed by atoms with Crippen molar-refractivity contribution >= 4 is 16.9 Å². The molecule has 7 heteroatoms. The van der Waals surface area contributed by atoms with Crippen LogP contribution in [0.4, 0.5) is 0 Å². The maximum absolute atomic E-state index is 12.3. The second kappa shape index (κ2) is 5.94. The number of benzene rings is 2. The summed E-state index contributed by atoms with van der Waals surface area (Å²) in [4.78, 5) is 31.5. The Morgan fingerprint density at radius 1 is 1.20 bits per heavy atom. The molecule has 0 radical (unpaired) electrons. The summed E-state index contributed by atoms with van der Waals surface area (Å²) in [5, 5.41) is 0.487. The van der Waals surface area contributed by atoms with Gasteiger partial charge in [-0.3, -0.25) is 4.79 Å². The number of nitrogens with zero attached hydrogens (tertiary/aromatic N) is 1. The lowest BCUT2D eigenvalue weighted by atomic mass is 10.2. The molecule has 2 heterocycles. The Balaban J connectivity index is 1.58. The maximum Gasteiger partial charge on any atom is 0.338 e. The Morgan fingerprint density at radius 2 is 2.00 bits per heavy atom. The zero-order valence-corrected chi connectivity index (χ0v) is 13.3. The van der Waals surface area contributed by atoms with Gasteiger partial charge in [0.05, 0.1) is 16.5 Å². The summed E-state index contributed by atoms with van der Waals surface area (Å²) in [5.41, 5.74) is 0.609. The lowest BCUT2D eigenvalue weighted by molar-refractivity contribution is 0.0319. The Kier molecular flexibility index (Phi) is 3.61. The predicted molar refractivity (Wildman–Crippen MR) is 88.8 cm³/mol. The van der Waals surface area contributed by atoms with Gasteiger partial charge in [-0.1, -0.05) is 12.1 Å². The Bertz CT molecular complexity index is 1030. The number of nitrogens with one attached hydrogen (secondary N) is 1. The zero-order valence-electron chi connectivity index (χ0n) is 13.3. The summed E-state index contributed by atoms with van der Waals surface area (Å²) in [5.74, 6) is 0.837. The van der Waals surface area contributed by atoms with Crippen molar-refractivity contribution in [1.29, 1.82) is 0 Å². The third kappa shape index (κ3) is 2.80. The van der Waals surface area contributed by atoms with E-state index < -0.39 is 12.1 Å². The minimum absolute atomic E-state index is 0.131. The van der Waals surface area contributed by atoms with Crippen LogP contribution < -0.4 is 15.0 Å². The molecule has 1 aromatic heterocycles. The Morgan fingerprint density at radius 3 is 2.88 bits per heavy atom. The van der Waals surface area contributed by atoms with Crippen molar-refractivity contribution in [3.05, 3.63) is 64.2 Å². The van der Waals surface area contributed by atoms with Crippen LogP contribution in [0.5, 0.6) is 11.5 Å². The first-order chi connectivity index (χ1) is 12.1. The highest BCUT2D eigenvalue weighted by Crippen LogP contribution is 2.33. The smallest absolute Gasteiger partial charge is 0.338 e. The van der Waals surface area contributed by atoms with Gasteiger partial charge in [0.25, 0.3) is 5.56 Å². The summed E-state index contributed by atoms with van der Waals surface area (Å²) < 4.78 is 15.9. The summed E-state index contributed by atoms with van der Waals surface area (Å²) in [7, 11) is 0. The van der Waals surface area contributed by atoms with Crippen molar-refractivity contribution in [2.75, 3.05) is 6.79 Å². The Labute approximate surface area is 142 Å². The third-order valence-electron chi connectivity index (χ3n) is 3.91. The van der Waals surface area contributed by atoms with Gasteiger partial charge in [-0.05, 0) is 37.3 Å². The lowest BCUT2D eigenvalue weighted by Crippen LogP contribution is -2.17. The molecular weight excluding hydrogens is 324 g/mol. The van der Waals surface area contributed by atoms with Gasteiger partial charge in [0.2, 0.25) is 6.79 Å². The minimum Gasteiger partial charge on any atom is -0.454 e. The van der Waals surface area contributed by atoms with E-state index in [1.54, 1.807) is 49.4 Å². The van der Waals surface area contributed by atoms with Gasteiger partial charge in [0, 0.05) is 0 Å². The number of hydrogen-bond acceptors (Lipinski definition) is 6. The van der Waals surface area contributed by atoms with E-state index in [2.05, 4.69) is 9.97 Å². The summed E-state index contributed by atoms with van der Waals surface area (Å²) >= 11 is 0. The SMILES string of the molecule is C[C@@H](OC(=O)c1ccc2c(c1)OCO2)c1nc2ccccc2c(=O)[nH]1. The highest BCUT2D eigenvalue weighted by molar-refractivity contribution is 5.90. The van der Waals surface area contributed by atoms with Crippen molar-refractivity contribution in [3.63, 3.8) is 0 Å². The average Bonchev–Trinajstić information content (AvgIpc) is 3.09. The van der Waals surface area contributed by atoms with Crippen LogP contribution in [0.15, 0.2) is 47.3 Å². The quantitative estimate of drug-likeness (QED) is 0.738. The molecule has 0 saturated carbocycles. The number of hydrogen-bond donors (Lipinski definition) is 1. The van der Waals surface area contributed by atoms with Crippen LogP contribution in [-0.2, 0) is 4.74 Å². The van der Waals surface area contributed by atoms with E-state index in [0.717, 1.165) is 0 Å². The number of aromatic amines is 1. The summed E-state index contributed by atoms with van der Waals surface area (Å²) in [6, 6.07) is 11.8. The number of rotatable bonds is 3. The molecule has 0 aliphatic carbocycles. The van der Waals surface area contributed by atoms with E-state index in [0.29, 0.717) is 28.0 Å². The molecule has 25 heavy (non-hydrogen) atoms. The molecule has 1 aliphatic heterocycles. The van der Waals surface area contributed by atoms with Crippen molar-refractivity contribution in [2.24, 2.45) is 0 Å². The number of carbonyl (C=O) groups excluding carboxylic acids is 1. The van der Waals surface area contributed by atoms with Gasteiger partial charge in [0.1, 0.15) is 0 Å². The monoisotopic (exact) mass is 338 g/mol. The highest BCUT2D eigenvalue weighted by atomic mass is 16.7. The second-order valence-corrected chi connectivity index (χ2v) is 5.58. The topological polar surface area (TPSA) is 90.5 Å². The first-order valence-electron chi connectivity index (χ1n) is 7.71. The fourth-order valence-corrected chi connectivity index (χ4v) is 2.60. The van der Waals surface area contributed by atoms with Gasteiger partial charge in [0.15, 0.2) is 23.4 Å². The molecule has 0 fully saturated rings. The minimum atomic E-state index is -0.713. The van der Waals surface area contributed by atoms with Gasteiger partial charge >= 0.3 is 5.97 Å². The van der Waals surface area contributed by atoms with Crippen molar-refractivity contribution in [3.8, 4) is 11.5 Å². The first kappa shape index (κ1) is 15.2. The van der Waals surface area contributed by atoms with Crippen molar-refractivity contribution in [1.82, 2.24) is 9.97 Å². The lowest BCUT2D eigenvalue weighted by Gasteiger charge is -2.13. The van der Waals surface area contributed by atoms with Gasteiger partial charge in [-0.2, -0.15) is 0 Å². The number of aromatic nitrogens is 2. The zero-order chi connectivity index (χ0) is 17.4. The number of fused-ring (bicyclic) bond motifs is 2. The summed E-state index contributed by atoms with van der Waals surface area (Å²) in [6.07, 6.45) is -0.713. The molecule has 0 bridgehead atoms. The molecule has 0 unspecified atom stereocenters. The van der Waals surface area contributed by atoms with Gasteiger partial charge in [-0.15, -0.1) is 0 Å². The van der Waals surface area contributed by atoms with E-state index in [-0.39, 0.29) is 18.2 Å². The van der Waals surface area contributed by atoms with Crippen LogP contribution in [0.2, 0.25) is 0 Å². The standard InChI is InChI=1S/C18H14N2O5/c1-10(16-19-13-5-3-2-4-12(13)17(21)20-16)25-18(22)11-6-7-14-15(8-11)24-9-23-14/h2-8,10H,9H2,1H3,(H,19,20,21)/t10-/m1/s1. The number of ether oxygens (including phenoxy) is 3. The van der Waals surface area contributed by atoms with Crippen LogP contribution in [0.1, 0.15) is 29.2 Å². The van der Waals surface area contributed by atoms with Crippen LogP contribution in [0, 0.1) is 0 Å². The van der Waals surface area contributed by atoms with Crippen LogP contribution in [-0.4, -0.2) is 22.7 Å². The first-order valence-corrected chi connectivity index (χ1v) is 7.71. The van der Waals surface area contributed by atoms with Crippen molar-refractivity contribution in [2.45, 2.75) is 13.0 Å². The molecule has 3 aromatic rings. The third-order valence-corrected chi connectivity index (χ3v) is 3.91. The molecular formula is C18H14N2O5. The number of carbonyl (C=O) groups is 1. The van der Waals surface area contributed by atoms with E-state index in [1.807, 2.05) is 0 Å². The fourth-order valence-electron chi connectivity index (χ4n) is 2.60. The van der Waals surface area contributed by atoms with Gasteiger partial charge < -0.3 is 19.2 Å². The van der Waals surface area contributed by atoms with Crippen LogP contribution in [0.25, 0.3) is 10.9 Å². The highest BCUT2D eigenvalue weighted by Gasteiger charge is 2.20. The molecule has 0 amide bonds. The van der Waals surface area contributed by atoms with E-state index in [9.17, 15) is 9.59 Å². The number of H-pyrrole nitrogens is 1. The maximum atomic E-state index is 12.3. The molecule has 4 rings (SSSR count). The van der Waals surface area contributed by atoms with Crippen LogP contribution >= 0.6 is 0 Å². The molecule has 2 aromatic carbocycles. The molecule has 1 atom stereocenters. The fraction of sp³-hybridized carbons (Fsp3) is 0.167. The molecule has 7 nitrogen and oxygen atoms in total. The summed E-state index contributed by atoms with van der Waals surface area (Å²) in [6.45, 7) is 1.78. The number of para-hydroxylation sites is 1. The molecule has 0 spiro atoms. The van der Waals surface area contributed by atoms with E-state index in [4.69, 9.17) is 14.2 Å². The molecule has 0 saturated heterocycles. The molecule has 126 valence electrons. The van der Waals surface area contributed by atoms with E-state index in [1.165, 1.54) is 0 Å². The largest absolute Gasteiger partial charge is 0.454 e. The van der Waals surface area contributed by atoms with E-state index >= 15 is 0 Å². The van der Waals surface area contributed by atoms with Crippen molar-refractivity contribution < 1.29 is 19.0 Å². The average molecular weight is 338 g/mol. The predicted octanol–water partition coefficient (Wildman–Crippen LogP) is 2.57.